The monoisotopic (exact) mass is 337 g/mol. The van der Waals surface area contributed by atoms with Crippen LogP contribution in [-0.2, 0) is 6.54 Å². The van der Waals surface area contributed by atoms with Gasteiger partial charge in [-0.25, -0.2) is 4.39 Å². The van der Waals surface area contributed by atoms with E-state index in [1.807, 2.05) is 6.07 Å². The van der Waals surface area contributed by atoms with E-state index in [0.29, 0.717) is 12.6 Å². The van der Waals surface area contributed by atoms with E-state index < -0.39 is 0 Å². The zero-order valence-corrected chi connectivity index (χ0v) is 13.2. The number of nitrogens with one attached hydrogen (secondary N) is 1. The maximum Gasteiger partial charge on any atom is 0.127 e. The van der Waals surface area contributed by atoms with Crippen molar-refractivity contribution < 1.29 is 4.39 Å². The van der Waals surface area contributed by atoms with E-state index in [2.05, 4.69) is 21.2 Å². The Bertz CT molecular complexity index is 518. The second-order valence-corrected chi connectivity index (χ2v) is 7.79. The van der Waals surface area contributed by atoms with Crippen LogP contribution in [0, 0.1) is 29.5 Å². The number of hydrogen-bond acceptors (Lipinski definition) is 1. The van der Waals surface area contributed by atoms with E-state index in [-0.39, 0.29) is 5.82 Å². The minimum absolute atomic E-state index is 0.0948. The molecule has 2 bridgehead atoms. The van der Waals surface area contributed by atoms with E-state index in [0.717, 1.165) is 33.7 Å². The van der Waals surface area contributed by atoms with Gasteiger partial charge in [0.15, 0.2) is 0 Å². The molecule has 0 spiro atoms. The molecule has 3 heteroatoms. The topological polar surface area (TPSA) is 12.0 Å². The highest BCUT2D eigenvalue weighted by Crippen LogP contribution is 2.58. The molecule has 1 N–H and O–H groups in total. The molecule has 3 saturated carbocycles. The van der Waals surface area contributed by atoms with Crippen molar-refractivity contribution in [3.63, 3.8) is 0 Å². The van der Waals surface area contributed by atoms with Crippen molar-refractivity contribution in [2.75, 3.05) is 0 Å². The summed E-state index contributed by atoms with van der Waals surface area (Å²) in [7, 11) is 0. The largest absolute Gasteiger partial charge is 0.310 e. The average Bonchev–Trinajstić information content (AvgIpc) is 3.10. The molecule has 0 aliphatic heterocycles. The van der Waals surface area contributed by atoms with Crippen LogP contribution in [0.15, 0.2) is 22.7 Å². The molecular weight excluding hydrogens is 317 g/mol. The lowest BCUT2D eigenvalue weighted by Crippen LogP contribution is -2.39. The zero-order valence-electron chi connectivity index (χ0n) is 11.6. The van der Waals surface area contributed by atoms with Crippen molar-refractivity contribution in [2.45, 2.75) is 44.7 Å². The first kappa shape index (κ1) is 13.3. The molecule has 20 heavy (non-hydrogen) atoms. The van der Waals surface area contributed by atoms with Crippen molar-refractivity contribution in [3.8, 4) is 0 Å². The van der Waals surface area contributed by atoms with Gasteiger partial charge in [-0.05, 0) is 67.6 Å². The molecule has 0 radical (unpaired) electrons. The van der Waals surface area contributed by atoms with Crippen LogP contribution in [0.5, 0.6) is 0 Å². The Morgan fingerprint density at radius 2 is 2.00 bits per heavy atom. The van der Waals surface area contributed by atoms with Gasteiger partial charge in [0.2, 0.25) is 0 Å². The molecule has 5 unspecified atom stereocenters. The maximum absolute atomic E-state index is 13.8. The molecule has 5 atom stereocenters. The van der Waals surface area contributed by atoms with Gasteiger partial charge in [0, 0.05) is 22.6 Å². The van der Waals surface area contributed by atoms with Crippen LogP contribution in [-0.4, -0.2) is 6.04 Å². The first-order valence-corrected chi connectivity index (χ1v) is 8.69. The first-order chi connectivity index (χ1) is 9.72. The Morgan fingerprint density at radius 1 is 1.15 bits per heavy atom. The van der Waals surface area contributed by atoms with Crippen molar-refractivity contribution in [2.24, 2.45) is 23.7 Å². The maximum atomic E-state index is 13.8. The smallest absolute Gasteiger partial charge is 0.127 e. The van der Waals surface area contributed by atoms with Crippen LogP contribution in [0.3, 0.4) is 0 Å². The van der Waals surface area contributed by atoms with Gasteiger partial charge in [-0.2, -0.15) is 0 Å². The van der Waals surface area contributed by atoms with Crippen LogP contribution in [0.1, 0.15) is 37.7 Å². The summed E-state index contributed by atoms with van der Waals surface area (Å²) in [6, 6.07) is 5.83. The molecule has 1 nitrogen and oxygen atoms in total. The van der Waals surface area contributed by atoms with Gasteiger partial charge in [-0.3, -0.25) is 0 Å². The fourth-order valence-corrected chi connectivity index (χ4v) is 5.63. The molecule has 0 heterocycles. The highest BCUT2D eigenvalue weighted by molar-refractivity contribution is 9.10. The molecule has 108 valence electrons. The molecule has 3 aliphatic rings. The standard InChI is InChI=1S/C17H21BrFN/c18-12-4-5-16(19)11(6-12)9-20-17-8-10-7-15(17)14-3-1-2-13(10)14/h4-6,10,13-15,17,20H,1-3,7-9H2. The van der Waals surface area contributed by atoms with E-state index in [1.54, 1.807) is 12.1 Å². The van der Waals surface area contributed by atoms with Crippen molar-refractivity contribution in [1.29, 1.82) is 0 Å². The third kappa shape index (κ3) is 2.14. The Kier molecular flexibility index (Phi) is 3.38. The quantitative estimate of drug-likeness (QED) is 0.856. The second-order valence-electron chi connectivity index (χ2n) is 6.88. The summed E-state index contributed by atoms with van der Waals surface area (Å²) in [6.45, 7) is 0.663. The summed E-state index contributed by atoms with van der Waals surface area (Å²) in [6.07, 6.45) is 7.10. The summed E-state index contributed by atoms with van der Waals surface area (Å²) >= 11 is 3.42. The number of halogens is 2. The van der Waals surface area contributed by atoms with Crippen molar-refractivity contribution >= 4 is 15.9 Å². The predicted molar refractivity (Wildman–Crippen MR) is 81.8 cm³/mol. The molecule has 4 rings (SSSR count). The summed E-state index contributed by atoms with van der Waals surface area (Å²) in [5, 5.41) is 3.65. The molecule has 3 aliphatic carbocycles. The summed E-state index contributed by atoms with van der Waals surface area (Å²) in [5.74, 6) is 3.72. The van der Waals surface area contributed by atoms with E-state index >= 15 is 0 Å². The van der Waals surface area contributed by atoms with Crippen LogP contribution in [0.4, 0.5) is 4.39 Å². The number of rotatable bonds is 3. The summed E-state index contributed by atoms with van der Waals surface area (Å²) in [4.78, 5) is 0. The first-order valence-electron chi connectivity index (χ1n) is 7.89. The fraction of sp³-hybridized carbons (Fsp3) is 0.647. The lowest BCUT2D eigenvalue weighted by atomic mass is 9.79. The molecule has 1 aromatic carbocycles. The van der Waals surface area contributed by atoms with Gasteiger partial charge in [0.1, 0.15) is 5.82 Å². The van der Waals surface area contributed by atoms with Crippen LogP contribution < -0.4 is 5.32 Å². The second kappa shape index (κ2) is 5.10. The number of benzene rings is 1. The van der Waals surface area contributed by atoms with Crippen LogP contribution >= 0.6 is 15.9 Å². The predicted octanol–water partition coefficient (Wildman–Crippen LogP) is 4.50. The molecule has 0 amide bonds. The van der Waals surface area contributed by atoms with Crippen molar-refractivity contribution in [3.05, 3.63) is 34.1 Å². The van der Waals surface area contributed by atoms with Gasteiger partial charge in [-0.15, -0.1) is 0 Å². The minimum atomic E-state index is -0.0948. The van der Waals surface area contributed by atoms with Gasteiger partial charge in [-0.1, -0.05) is 22.4 Å². The van der Waals surface area contributed by atoms with Gasteiger partial charge < -0.3 is 5.32 Å². The molecule has 1 aromatic rings. The Balaban J connectivity index is 1.42. The molecule has 0 saturated heterocycles. The van der Waals surface area contributed by atoms with Gasteiger partial charge >= 0.3 is 0 Å². The Hall–Kier alpha value is -0.410. The van der Waals surface area contributed by atoms with E-state index in [1.165, 1.54) is 32.1 Å². The van der Waals surface area contributed by atoms with E-state index in [4.69, 9.17) is 0 Å². The summed E-state index contributed by atoms with van der Waals surface area (Å²) in [5.41, 5.74) is 0.783. The van der Waals surface area contributed by atoms with Crippen LogP contribution in [0.25, 0.3) is 0 Å². The molecular formula is C17H21BrFN. The van der Waals surface area contributed by atoms with Crippen molar-refractivity contribution in [1.82, 2.24) is 5.32 Å². The zero-order chi connectivity index (χ0) is 13.7. The summed E-state index contributed by atoms with van der Waals surface area (Å²) < 4.78 is 14.7. The SMILES string of the molecule is Fc1ccc(Br)cc1CNC1CC2CC1C1CCCC21. The van der Waals surface area contributed by atoms with Gasteiger partial charge in [0.05, 0.1) is 0 Å². The third-order valence-corrected chi connectivity index (χ3v) is 6.48. The Labute approximate surface area is 128 Å². The highest BCUT2D eigenvalue weighted by Gasteiger charge is 2.53. The normalized spacial score (nSPS) is 38.4. The molecule has 3 fully saturated rings. The minimum Gasteiger partial charge on any atom is -0.310 e. The van der Waals surface area contributed by atoms with E-state index in [9.17, 15) is 4.39 Å². The average molecular weight is 338 g/mol. The number of fused-ring (bicyclic) bond motifs is 5. The lowest BCUT2D eigenvalue weighted by molar-refractivity contribution is 0.207. The number of hydrogen-bond donors (Lipinski definition) is 1. The lowest BCUT2D eigenvalue weighted by Gasteiger charge is -2.32. The third-order valence-electron chi connectivity index (χ3n) is 5.99. The fourth-order valence-electron chi connectivity index (χ4n) is 5.22. The highest BCUT2D eigenvalue weighted by atomic mass is 79.9. The van der Waals surface area contributed by atoms with Gasteiger partial charge in [0.25, 0.3) is 0 Å². The van der Waals surface area contributed by atoms with Crippen LogP contribution in [0.2, 0.25) is 0 Å². The molecule has 0 aromatic heterocycles. The Morgan fingerprint density at radius 3 is 2.90 bits per heavy atom.